The molecule has 5 heteroatoms. The van der Waals surface area contributed by atoms with Crippen LogP contribution in [0.5, 0.6) is 0 Å². The summed E-state index contributed by atoms with van der Waals surface area (Å²) in [6, 6.07) is -0.0903. The summed E-state index contributed by atoms with van der Waals surface area (Å²) in [4.78, 5) is 12.7. The standard InChI is InChI=1S/C8H15NO3S/c1-3-9(7(2)10)8-4-5-13(11,12)6-8/h8H,3-6H2,1-2H3/t8-/m0/s1. The van der Waals surface area contributed by atoms with E-state index in [1.807, 2.05) is 6.92 Å². The fourth-order valence-electron chi connectivity index (χ4n) is 1.76. The van der Waals surface area contributed by atoms with E-state index in [0.29, 0.717) is 13.0 Å². The van der Waals surface area contributed by atoms with Gasteiger partial charge in [-0.25, -0.2) is 8.42 Å². The molecular formula is C8H15NO3S. The maximum Gasteiger partial charge on any atom is 0.219 e. The lowest BCUT2D eigenvalue weighted by atomic mass is 10.2. The third-order valence-electron chi connectivity index (χ3n) is 2.39. The van der Waals surface area contributed by atoms with Gasteiger partial charge in [-0.1, -0.05) is 0 Å². The highest BCUT2D eigenvalue weighted by molar-refractivity contribution is 7.91. The first-order valence-corrected chi connectivity index (χ1v) is 6.26. The molecule has 0 spiro atoms. The molecule has 4 nitrogen and oxygen atoms in total. The van der Waals surface area contributed by atoms with Crippen molar-refractivity contribution in [3.05, 3.63) is 0 Å². The Balaban J connectivity index is 2.69. The van der Waals surface area contributed by atoms with Crippen LogP contribution in [-0.4, -0.2) is 43.3 Å². The van der Waals surface area contributed by atoms with Crippen LogP contribution in [0.1, 0.15) is 20.3 Å². The van der Waals surface area contributed by atoms with Crippen molar-refractivity contribution in [1.82, 2.24) is 4.90 Å². The summed E-state index contributed by atoms with van der Waals surface area (Å²) in [7, 11) is -2.88. The first kappa shape index (κ1) is 10.5. The molecule has 1 saturated heterocycles. The quantitative estimate of drug-likeness (QED) is 0.639. The zero-order valence-corrected chi connectivity index (χ0v) is 8.80. The van der Waals surface area contributed by atoms with Gasteiger partial charge >= 0.3 is 0 Å². The van der Waals surface area contributed by atoms with E-state index in [-0.39, 0.29) is 23.5 Å². The molecule has 0 aromatic carbocycles. The maximum atomic E-state index is 11.1. The minimum absolute atomic E-state index is 0.0374. The Morgan fingerprint density at radius 2 is 2.15 bits per heavy atom. The Morgan fingerprint density at radius 1 is 1.54 bits per heavy atom. The lowest BCUT2D eigenvalue weighted by Crippen LogP contribution is -2.39. The second kappa shape index (κ2) is 3.65. The highest BCUT2D eigenvalue weighted by atomic mass is 32.2. The van der Waals surface area contributed by atoms with E-state index in [9.17, 15) is 13.2 Å². The highest BCUT2D eigenvalue weighted by Crippen LogP contribution is 2.17. The van der Waals surface area contributed by atoms with Gasteiger partial charge in [0.2, 0.25) is 5.91 Å². The molecular weight excluding hydrogens is 190 g/mol. The van der Waals surface area contributed by atoms with E-state index in [1.54, 1.807) is 4.90 Å². The fourth-order valence-corrected chi connectivity index (χ4v) is 3.49. The molecule has 0 aromatic rings. The van der Waals surface area contributed by atoms with E-state index in [4.69, 9.17) is 0 Å². The van der Waals surface area contributed by atoms with Gasteiger partial charge in [-0.2, -0.15) is 0 Å². The molecule has 13 heavy (non-hydrogen) atoms. The lowest BCUT2D eigenvalue weighted by Gasteiger charge is -2.25. The Bertz CT molecular complexity index is 297. The van der Waals surface area contributed by atoms with Crippen molar-refractivity contribution in [2.24, 2.45) is 0 Å². The number of carbonyl (C=O) groups excluding carboxylic acids is 1. The maximum absolute atomic E-state index is 11.1. The van der Waals surface area contributed by atoms with Crippen LogP contribution in [0, 0.1) is 0 Å². The fraction of sp³-hybridized carbons (Fsp3) is 0.875. The summed E-state index contributed by atoms with van der Waals surface area (Å²) in [6.07, 6.45) is 0.593. The predicted octanol–water partition coefficient (Wildman–Crippen LogP) is 0.0419. The van der Waals surface area contributed by atoms with Crippen LogP contribution in [0.3, 0.4) is 0 Å². The molecule has 0 N–H and O–H groups in total. The van der Waals surface area contributed by atoms with Crippen molar-refractivity contribution in [2.75, 3.05) is 18.1 Å². The van der Waals surface area contributed by atoms with Crippen LogP contribution < -0.4 is 0 Å². The molecule has 0 bridgehead atoms. The van der Waals surface area contributed by atoms with Crippen molar-refractivity contribution in [1.29, 1.82) is 0 Å². The highest BCUT2D eigenvalue weighted by Gasteiger charge is 2.32. The largest absolute Gasteiger partial charge is 0.339 e. The summed E-state index contributed by atoms with van der Waals surface area (Å²) < 4.78 is 22.3. The van der Waals surface area contributed by atoms with Gasteiger partial charge in [-0.15, -0.1) is 0 Å². The first-order valence-electron chi connectivity index (χ1n) is 4.44. The Labute approximate surface area is 78.8 Å². The number of sulfone groups is 1. The summed E-state index contributed by atoms with van der Waals surface area (Å²) in [6.45, 7) is 3.94. The molecule has 0 unspecified atom stereocenters. The number of nitrogens with zero attached hydrogens (tertiary/aromatic N) is 1. The SMILES string of the molecule is CCN(C(C)=O)[C@H]1CCS(=O)(=O)C1. The zero-order valence-electron chi connectivity index (χ0n) is 7.99. The number of amides is 1. The van der Waals surface area contributed by atoms with Crippen LogP contribution >= 0.6 is 0 Å². The monoisotopic (exact) mass is 205 g/mol. The van der Waals surface area contributed by atoms with Gasteiger partial charge in [0.1, 0.15) is 0 Å². The van der Waals surface area contributed by atoms with Crippen molar-refractivity contribution >= 4 is 15.7 Å². The molecule has 1 aliphatic heterocycles. The zero-order chi connectivity index (χ0) is 10.1. The minimum atomic E-state index is -2.88. The van der Waals surface area contributed by atoms with Gasteiger partial charge in [-0.3, -0.25) is 4.79 Å². The molecule has 1 amide bonds. The van der Waals surface area contributed by atoms with E-state index in [2.05, 4.69) is 0 Å². The van der Waals surface area contributed by atoms with E-state index in [1.165, 1.54) is 6.92 Å². The summed E-state index contributed by atoms with van der Waals surface area (Å²) in [5, 5.41) is 0. The van der Waals surface area contributed by atoms with E-state index < -0.39 is 9.84 Å². The molecule has 1 heterocycles. The van der Waals surface area contributed by atoms with Crippen LogP contribution in [0.2, 0.25) is 0 Å². The van der Waals surface area contributed by atoms with Gasteiger partial charge in [-0.05, 0) is 13.3 Å². The number of hydrogen-bond donors (Lipinski definition) is 0. The van der Waals surface area contributed by atoms with E-state index in [0.717, 1.165) is 0 Å². The van der Waals surface area contributed by atoms with Crippen molar-refractivity contribution in [3.63, 3.8) is 0 Å². The topological polar surface area (TPSA) is 54.5 Å². The molecule has 1 aliphatic rings. The van der Waals surface area contributed by atoms with Crippen molar-refractivity contribution in [2.45, 2.75) is 26.3 Å². The number of hydrogen-bond acceptors (Lipinski definition) is 3. The second-order valence-corrected chi connectivity index (χ2v) is 5.59. The van der Waals surface area contributed by atoms with Crippen LogP contribution in [0.15, 0.2) is 0 Å². The second-order valence-electron chi connectivity index (χ2n) is 3.36. The van der Waals surface area contributed by atoms with Gasteiger partial charge < -0.3 is 4.90 Å². The molecule has 0 aromatic heterocycles. The smallest absolute Gasteiger partial charge is 0.219 e. The van der Waals surface area contributed by atoms with Crippen molar-refractivity contribution < 1.29 is 13.2 Å². The Morgan fingerprint density at radius 3 is 2.46 bits per heavy atom. The lowest BCUT2D eigenvalue weighted by molar-refractivity contribution is -0.130. The Kier molecular flexibility index (Phi) is 2.95. The summed E-state index contributed by atoms with van der Waals surface area (Å²) in [5.74, 6) is 0.326. The number of carbonyl (C=O) groups is 1. The third kappa shape index (κ3) is 2.43. The average molecular weight is 205 g/mol. The average Bonchev–Trinajstić information content (AvgIpc) is 2.31. The van der Waals surface area contributed by atoms with Crippen LogP contribution in [-0.2, 0) is 14.6 Å². The normalized spacial score (nSPS) is 25.8. The molecule has 1 fully saturated rings. The molecule has 0 radical (unpaired) electrons. The molecule has 76 valence electrons. The van der Waals surface area contributed by atoms with Crippen molar-refractivity contribution in [3.8, 4) is 0 Å². The van der Waals surface area contributed by atoms with Gasteiger partial charge in [0.25, 0.3) is 0 Å². The molecule has 1 rings (SSSR count). The van der Waals surface area contributed by atoms with Crippen LogP contribution in [0.25, 0.3) is 0 Å². The number of rotatable bonds is 2. The molecule has 1 atom stereocenters. The van der Waals surface area contributed by atoms with Gasteiger partial charge in [0.05, 0.1) is 11.5 Å². The Hall–Kier alpha value is -0.580. The third-order valence-corrected chi connectivity index (χ3v) is 4.14. The predicted molar refractivity (Wildman–Crippen MR) is 50.1 cm³/mol. The van der Waals surface area contributed by atoms with Gasteiger partial charge in [0.15, 0.2) is 9.84 Å². The van der Waals surface area contributed by atoms with Crippen LogP contribution in [0.4, 0.5) is 0 Å². The minimum Gasteiger partial charge on any atom is -0.339 e. The molecule has 0 aliphatic carbocycles. The summed E-state index contributed by atoms with van der Waals surface area (Å²) >= 11 is 0. The summed E-state index contributed by atoms with van der Waals surface area (Å²) in [5.41, 5.74) is 0. The van der Waals surface area contributed by atoms with E-state index >= 15 is 0 Å². The first-order chi connectivity index (χ1) is 5.96. The molecule has 0 saturated carbocycles. The van der Waals surface area contributed by atoms with Gasteiger partial charge in [0, 0.05) is 19.5 Å².